The number of hydrogen-bond donors (Lipinski definition) is 1. The van der Waals surface area contributed by atoms with Crippen molar-refractivity contribution in [3.63, 3.8) is 0 Å². The third-order valence-corrected chi connectivity index (χ3v) is 4.08. The van der Waals surface area contributed by atoms with Crippen molar-refractivity contribution >= 4 is 45.1 Å². The standard InChI is InChI=1S/C14H14BrN3OS/c1-18(2)12-6-5-10(8-11(12)15)9-16-17-14(19)13-4-3-7-20-13/h3-9H,1-2H3,(H,17,19). The molecule has 0 fully saturated rings. The van der Waals surface area contributed by atoms with E-state index in [-0.39, 0.29) is 5.91 Å². The Bertz CT molecular complexity index is 623. The summed E-state index contributed by atoms with van der Waals surface area (Å²) in [4.78, 5) is 14.3. The molecule has 0 unspecified atom stereocenters. The van der Waals surface area contributed by atoms with Crippen LogP contribution in [0.3, 0.4) is 0 Å². The first kappa shape index (κ1) is 14.7. The minimum atomic E-state index is -0.194. The van der Waals surface area contributed by atoms with E-state index in [4.69, 9.17) is 0 Å². The zero-order valence-electron chi connectivity index (χ0n) is 11.1. The third kappa shape index (κ3) is 3.68. The van der Waals surface area contributed by atoms with E-state index in [1.54, 1.807) is 12.3 Å². The van der Waals surface area contributed by atoms with Crippen LogP contribution in [0.4, 0.5) is 5.69 Å². The maximum atomic E-state index is 11.7. The quantitative estimate of drug-likeness (QED) is 0.678. The van der Waals surface area contributed by atoms with Crippen LogP contribution >= 0.6 is 27.3 Å². The van der Waals surface area contributed by atoms with Crippen LogP contribution < -0.4 is 10.3 Å². The zero-order chi connectivity index (χ0) is 14.5. The Morgan fingerprint density at radius 1 is 1.40 bits per heavy atom. The second kappa shape index (κ2) is 6.67. The predicted molar refractivity (Wildman–Crippen MR) is 87.8 cm³/mol. The molecule has 1 aromatic heterocycles. The summed E-state index contributed by atoms with van der Waals surface area (Å²) in [5, 5.41) is 5.82. The Labute approximate surface area is 130 Å². The first-order valence-corrected chi connectivity index (χ1v) is 7.59. The van der Waals surface area contributed by atoms with E-state index in [9.17, 15) is 4.79 Å². The summed E-state index contributed by atoms with van der Waals surface area (Å²) in [6, 6.07) is 9.49. The maximum absolute atomic E-state index is 11.7. The first-order valence-electron chi connectivity index (χ1n) is 5.91. The van der Waals surface area contributed by atoms with Gasteiger partial charge in [0, 0.05) is 18.6 Å². The topological polar surface area (TPSA) is 44.7 Å². The van der Waals surface area contributed by atoms with Crippen molar-refractivity contribution < 1.29 is 4.79 Å². The molecule has 1 N–H and O–H groups in total. The third-order valence-electron chi connectivity index (χ3n) is 2.58. The highest BCUT2D eigenvalue weighted by molar-refractivity contribution is 9.10. The van der Waals surface area contributed by atoms with E-state index >= 15 is 0 Å². The molecule has 0 aliphatic rings. The molecular weight excluding hydrogens is 338 g/mol. The first-order chi connectivity index (χ1) is 9.58. The normalized spacial score (nSPS) is 10.8. The Balaban J connectivity index is 2.01. The molecular formula is C14H14BrN3OS. The molecule has 2 rings (SSSR count). The van der Waals surface area contributed by atoms with Gasteiger partial charge in [-0.25, -0.2) is 5.43 Å². The fourth-order valence-electron chi connectivity index (χ4n) is 1.59. The number of thiophene rings is 1. The van der Waals surface area contributed by atoms with Crippen LogP contribution in [0.25, 0.3) is 0 Å². The molecule has 1 aromatic carbocycles. The van der Waals surface area contributed by atoms with E-state index < -0.39 is 0 Å². The van der Waals surface area contributed by atoms with E-state index in [1.165, 1.54) is 11.3 Å². The maximum Gasteiger partial charge on any atom is 0.281 e. The summed E-state index contributed by atoms with van der Waals surface area (Å²) < 4.78 is 0.982. The van der Waals surface area contributed by atoms with Crippen molar-refractivity contribution in [3.8, 4) is 0 Å². The Morgan fingerprint density at radius 3 is 2.80 bits per heavy atom. The van der Waals surface area contributed by atoms with Crippen LogP contribution in [0.5, 0.6) is 0 Å². The van der Waals surface area contributed by atoms with Crippen LogP contribution in [-0.4, -0.2) is 26.2 Å². The Hall–Kier alpha value is -1.66. The predicted octanol–water partition coefficient (Wildman–Crippen LogP) is 3.34. The number of rotatable bonds is 4. The van der Waals surface area contributed by atoms with Crippen LogP contribution in [0.1, 0.15) is 15.2 Å². The lowest BCUT2D eigenvalue weighted by Crippen LogP contribution is -2.16. The molecule has 20 heavy (non-hydrogen) atoms. The molecule has 2 aromatic rings. The van der Waals surface area contributed by atoms with Gasteiger partial charge in [0.05, 0.1) is 16.8 Å². The molecule has 0 aliphatic carbocycles. The fourth-order valence-corrected chi connectivity index (χ4v) is 2.96. The average molecular weight is 352 g/mol. The van der Waals surface area contributed by atoms with Crippen molar-refractivity contribution in [2.24, 2.45) is 5.10 Å². The van der Waals surface area contributed by atoms with Gasteiger partial charge in [0.15, 0.2) is 0 Å². The molecule has 0 radical (unpaired) electrons. The van der Waals surface area contributed by atoms with Gasteiger partial charge in [0.25, 0.3) is 5.91 Å². The Kier molecular flexibility index (Phi) is 4.92. The molecule has 0 spiro atoms. The molecule has 1 amide bonds. The van der Waals surface area contributed by atoms with Crippen LogP contribution in [0, 0.1) is 0 Å². The summed E-state index contributed by atoms with van der Waals surface area (Å²) in [7, 11) is 3.96. The van der Waals surface area contributed by atoms with Gasteiger partial charge in [0.1, 0.15) is 0 Å². The smallest absolute Gasteiger partial charge is 0.281 e. The van der Waals surface area contributed by atoms with E-state index in [2.05, 4.69) is 26.5 Å². The molecule has 0 saturated carbocycles. The number of carbonyl (C=O) groups excluding carboxylic acids is 1. The summed E-state index contributed by atoms with van der Waals surface area (Å²) in [6.07, 6.45) is 1.62. The van der Waals surface area contributed by atoms with Gasteiger partial charge in [-0.3, -0.25) is 4.79 Å². The SMILES string of the molecule is CN(C)c1ccc(C=NNC(=O)c2cccs2)cc1Br. The number of benzene rings is 1. The summed E-state index contributed by atoms with van der Waals surface area (Å²) >= 11 is 4.90. The lowest BCUT2D eigenvalue weighted by Gasteiger charge is -2.14. The largest absolute Gasteiger partial charge is 0.377 e. The van der Waals surface area contributed by atoms with Crippen LogP contribution in [0.15, 0.2) is 45.3 Å². The van der Waals surface area contributed by atoms with E-state index in [0.717, 1.165) is 15.7 Å². The highest BCUT2D eigenvalue weighted by Crippen LogP contribution is 2.25. The molecule has 0 saturated heterocycles. The molecule has 4 nitrogen and oxygen atoms in total. The van der Waals surface area contributed by atoms with Gasteiger partial charge in [-0.05, 0) is 45.1 Å². The van der Waals surface area contributed by atoms with Crippen molar-refractivity contribution in [3.05, 3.63) is 50.6 Å². The van der Waals surface area contributed by atoms with E-state index in [1.807, 2.05) is 48.6 Å². The number of carbonyl (C=O) groups is 1. The van der Waals surface area contributed by atoms with Gasteiger partial charge in [-0.2, -0.15) is 5.10 Å². The molecule has 0 bridgehead atoms. The molecule has 0 aliphatic heterocycles. The fraction of sp³-hybridized carbons (Fsp3) is 0.143. The number of anilines is 1. The minimum absolute atomic E-state index is 0.194. The van der Waals surface area contributed by atoms with E-state index in [0.29, 0.717) is 4.88 Å². The van der Waals surface area contributed by atoms with Gasteiger partial charge in [-0.1, -0.05) is 12.1 Å². The van der Waals surface area contributed by atoms with Gasteiger partial charge in [-0.15, -0.1) is 11.3 Å². The second-order valence-electron chi connectivity index (χ2n) is 4.28. The number of amides is 1. The minimum Gasteiger partial charge on any atom is -0.377 e. The van der Waals surface area contributed by atoms with Crippen LogP contribution in [0.2, 0.25) is 0 Å². The number of nitrogens with zero attached hydrogens (tertiary/aromatic N) is 2. The number of halogens is 1. The number of hydrazone groups is 1. The molecule has 1 heterocycles. The van der Waals surface area contributed by atoms with Gasteiger partial charge >= 0.3 is 0 Å². The molecule has 6 heteroatoms. The highest BCUT2D eigenvalue weighted by atomic mass is 79.9. The summed E-state index contributed by atoms with van der Waals surface area (Å²) in [6.45, 7) is 0. The Morgan fingerprint density at radius 2 is 2.20 bits per heavy atom. The molecule has 0 atom stereocenters. The number of nitrogens with one attached hydrogen (secondary N) is 1. The van der Waals surface area contributed by atoms with Crippen molar-refractivity contribution in [1.29, 1.82) is 0 Å². The van der Waals surface area contributed by atoms with Gasteiger partial charge < -0.3 is 4.90 Å². The van der Waals surface area contributed by atoms with Crippen LogP contribution in [-0.2, 0) is 0 Å². The highest BCUT2D eigenvalue weighted by Gasteiger charge is 2.04. The zero-order valence-corrected chi connectivity index (χ0v) is 13.5. The van der Waals surface area contributed by atoms with Crippen molar-refractivity contribution in [1.82, 2.24) is 5.43 Å². The molecule has 104 valence electrons. The second-order valence-corrected chi connectivity index (χ2v) is 6.08. The van der Waals surface area contributed by atoms with Gasteiger partial charge in [0.2, 0.25) is 0 Å². The lowest BCUT2D eigenvalue weighted by molar-refractivity contribution is 0.0959. The monoisotopic (exact) mass is 351 g/mol. The van der Waals surface area contributed by atoms with Crippen molar-refractivity contribution in [2.75, 3.05) is 19.0 Å². The summed E-state index contributed by atoms with van der Waals surface area (Å²) in [5.74, 6) is -0.194. The van der Waals surface area contributed by atoms with Crippen molar-refractivity contribution in [2.45, 2.75) is 0 Å². The average Bonchev–Trinajstić information content (AvgIpc) is 2.92. The number of hydrogen-bond acceptors (Lipinski definition) is 4. The lowest BCUT2D eigenvalue weighted by atomic mass is 10.2. The summed E-state index contributed by atoms with van der Waals surface area (Å²) in [5.41, 5.74) is 4.50.